The Bertz CT molecular complexity index is 376. The zero-order chi connectivity index (χ0) is 12.3. The molecule has 0 amide bonds. The van der Waals surface area contributed by atoms with Gasteiger partial charge in [0.15, 0.2) is 0 Å². The number of hydrogen-bond donors (Lipinski definition) is 1. The molecular weight excluding hydrogens is 281 g/mol. The first-order chi connectivity index (χ1) is 8.20. The van der Waals surface area contributed by atoms with Crippen LogP contribution in [0.15, 0.2) is 22.7 Å². The Kier molecular flexibility index (Phi) is 4.57. The first-order valence-electron chi connectivity index (χ1n) is 6.39. The summed E-state index contributed by atoms with van der Waals surface area (Å²) in [6.45, 7) is 3.15. The van der Waals surface area contributed by atoms with Crippen LogP contribution in [0.3, 0.4) is 0 Å². The van der Waals surface area contributed by atoms with Crippen molar-refractivity contribution < 1.29 is 4.39 Å². The largest absolute Gasteiger partial charge is 0.310 e. The molecule has 1 aromatic rings. The molecule has 0 bridgehead atoms. The van der Waals surface area contributed by atoms with Crippen molar-refractivity contribution in [2.75, 3.05) is 6.54 Å². The average Bonchev–Trinajstić information content (AvgIpc) is 3.12. The molecule has 0 saturated heterocycles. The van der Waals surface area contributed by atoms with Crippen LogP contribution in [0.25, 0.3) is 0 Å². The summed E-state index contributed by atoms with van der Waals surface area (Å²) in [5, 5.41) is 3.52. The molecule has 1 fully saturated rings. The van der Waals surface area contributed by atoms with Crippen molar-refractivity contribution in [2.45, 2.75) is 38.6 Å². The lowest BCUT2D eigenvalue weighted by Gasteiger charge is -2.19. The van der Waals surface area contributed by atoms with Crippen LogP contribution in [0, 0.1) is 11.7 Å². The highest BCUT2D eigenvalue weighted by Crippen LogP contribution is 2.38. The fraction of sp³-hybridized carbons (Fsp3) is 0.571. The predicted octanol–water partition coefficient (Wildman–Crippen LogP) is 4.43. The first-order valence-corrected chi connectivity index (χ1v) is 7.18. The summed E-state index contributed by atoms with van der Waals surface area (Å²) in [6, 6.07) is 5.78. The molecule has 1 atom stereocenters. The van der Waals surface area contributed by atoms with Gasteiger partial charge in [0.1, 0.15) is 5.82 Å². The highest BCUT2D eigenvalue weighted by atomic mass is 79.9. The van der Waals surface area contributed by atoms with Gasteiger partial charge in [-0.25, -0.2) is 4.39 Å². The van der Waals surface area contributed by atoms with Crippen molar-refractivity contribution >= 4 is 15.9 Å². The van der Waals surface area contributed by atoms with Gasteiger partial charge in [-0.3, -0.25) is 0 Å². The Morgan fingerprint density at radius 2 is 2.24 bits per heavy atom. The molecule has 17 heavy (non-hydrogen) atoms. The van der Waals surface area contributed by atoms with E-state index in [0.717, 1.165) is 30.9 Å². The molecule has 1 saturated carbocycles. The SMILES string of the molecule is CCCNC(CC1CC1)c1ccc(Br)c(F)c1. The zero-order valence-corrected chi connectivity index (χ0v) is 11.8. The minimum Gasteiger partial charge on any atom is -0.310 e. The van der Waals surface area contributed by atoms with E-state index in [4.69, 9.17) is 0 Å². The molecule has 0 radical (unpaired) electrons. The summed E-state index contributed by atoms with van der Waals surface area (Å²) in [5.74, 6) is 0.678. The van der Waals surface area contributed by atoms with E-state index in [2.05, 4.69) is 28.2 Å². The Hall–Kier alpha value is -0.410. The third kappa shape index (κ3) is 3.78. The van der Waals surface area contributed by atoms with E-state index in [-0.39, 0.29) is 5.82 Å². The smallest absolute Gasteiger partial charge is 0.137 e. The maximum Gasteiger partial charge on any atom is 0.137 e. The van der Waals surface area contributed by atoms with Crippen molar-refractivity contribution in [2.24, 2.45) is 5.92 Å². The second-order valence-corrected chi connectivity index (χ2v) is 5.71. The van der Waals surface area contributed by atoms with Crippen LogP contribution in [0.2, 0.25) is 0 Å². The van der Waals surface area contributed by atoms with Crippen LogP contribution >= 0.6 is 15.9 Å². The van der Waals surface area contributed by atoms with Crippen LogP contribution in [0.5, 0.6) is 0 Å². The molecule has 0 aliphatic heterocycles. The van der Waals surface area contributed by atoms with Gasteiger partial charge in [-0.05, 0) is 58.9 Å². The summed E-state index contributed by atoms with van der Waals surface area (Å²) in [4.78, 5) is 0. The minimum atomic E-state index is -0.165. The van der Waals surface area contributed by atoms with E-state index in [9.17, 15) is 4.39 Å². The van der Waals surface area contributed by atoms with Gasteiger partial charge >= 0.3 is 0 Å². The summed E-state index contributed by atoms with van der Waals surface area (Å²) in [5.41, 5.74) is 1.08. The van der Waals surface area contributed by atoms with Crippen molar-refractivity contribution in [3.05, 3.63) is 34.1 Å². The van der Waals surface area contributed by atoms with Gasteiger partial charge < -0.3 is 5.32 Å². The topological polar surface area (TPSA) is 12.0 Å². The fourth-order valence-corrected chi connectivity index (χ4v) is 2.32. The second-order valence-electron chi connectivity index (χ2n) is 4.86. The molecule has 1 N–H and O–H groups in total. The van der Waals surface area contributed by atoms with Crippen LogP contribution in [-0.2, 0) is 0 Å². The molecule has 1 aliphatic rings. The van der Waals surface area contributed by atoms with Crippen molar-refractivity contribution in [3.8, 4) is 0 Å². The molecule has 2 rings (SSSR count). The van der Waals surface area contributed by atoms with E-state index >= 15 is 0 Å². The normalized spacial score (nSPS) is 17.1. The lowest BCUT2D eigenvalue weighted by molar-refractivity contribution is 0.471. The molecule has 1 aliphatic carbocycles. The lowest BCUT2D eigenvalue weighted by atomic mass is 10.0. The van der Waals surface area contributed by atoms with Gasteiger partial charge in [0.05, 0.1) is 4.47 Å². The number of halogens is 2. The molecule has 94 valence electrons. The summed E-state index contributed by atoms with van der Waals surface area (Å²) >= 11 is 3.20. The first kappa shape index (κ1) is 13.0. The van der Waals surface area contributed by atoms with Gasteiger partial charge in [-0.1, -0.05) is 25.8 Å². The van der Waals surface area contributed by atoms with Crippen LogP contribution in [-0.4, -0.2) is 6.54 Å². The standard InChI is InChI=1S/C14H19BrFN/c1-2-7-17-14(8-10-3-4-10)11-5-6-12(15)13(16)9-11/h5-6,9-10,14,17H,2-4,7-8H2,1H3. The molecule has 1 aromatic carbocycles. The molecule has 3 heteroatoms. The predicted molar refractivity (Wildman–Crippen MR) is 72.5 cm³/mol. The van der Waals surface area contributed by atoms with Gasteiger partial charge in [-0.15, -0.1) is 0 Å². The summed E-state index contributed by atoms with van der Waals surface area (Å²) in [6.07, 6.45) is 4.92. The van der Waals surface area contributed by atoms with E-state index in [1.807, 2.05) is 6.07 Å². The number of nitrogens with one attached hydrogen (secondary N) is 1. The molecule has 0 heterocycles. The fourth-order valence-electron chi connectivity index (χ4n) is 2.07. The Balaban J connectivity index is 2.08. The number of rotatable bonds is 6. The van der Waals surface area contributed by atoms with Gasteiger partial charge in [0.2, 0.25) is 0 Å². The minimum absolute atomic E-state index is 0.165. The Morgan fingerprint density at radius 1 is 1.47 bits per heavy atom. The molecule has 0 spiro atoms. The quantitative estimate of drug-likeness (QED) is 0.819. The highest BCUT2D eigenvalue weighted by Gasteiger charge is 2.26. The van der Waals surface area contributed by atoms with E-state index in [1.165, 1.54) is 12.8 Å². The van der Waals surface area contributed by atoms with Crippen molar-refractivity contribution in [1.29, 1.82) is 0 Å². The Morgan fingerprint density at radius 3 is 2.82 bits per heavy atom. The summed E-state index contributed by atoms with van der Waals surface area (Å²) in [7, 11) is 0. The van der Waals surface area contributed by atoms with Crippen molar-refractivity contribution in [1.82, 2.24) is 5.32 Å². The van der Waals surface area contributed by atoms with E-state index in [0.29, 0.717) is 10.5 Å². The van der Waals surface area contributed by atoms with Crippen LogP contribution in [0.1, 0.15) is 44.2 Å². The third-order valence-electron chi connectivity index (χ3n) is 3.25. The Labute approximate surface area is 111 Å². The maximum absolute atomic E-state index is 13.5. The molecule has 1 nitrogen and oxygen atoms in total. The zero-order valence-electron chi connectivity index (χ0n) is 10.2. The van der Waals surface area contributed by atoms with Crippen molar-refractivity contribution in [3.63, 3.8) is 0 Å². The van der Waals surface area contributed by atoms with Crippen LogP contribution in [0.4, 0.5) is 4.39 Å². The third-order valence-corrected chi connectivity index (χ3v) is 3.90. The van der Waals surface area contributed by atoms with Gasteiger partial charge in [0, 0.05) is 6.04 Å². The second kappa shape index (κ2) is 5.96. The van der Waals surface area contributed by atoms with Gasteiger partial charge in [0.25, 0.3) is 0 Å². The average molecular weight is 300 g/mol. The molecule has 1 unspecified atom stereocenters. The molecular formula is C14H19BrFN. The lowest BCUT2D eigenvalue weighted by Crippen LogP contribution is -2.22. The van der Waals surface area contributed by atoms with E-state index in [1.54, 1.807) is 12.1 Å². The number of benzene rings is 1. The number of hydrogen-bond acceptors (Lipinski definition) is 1. The highest BCUT2D eigenvalue weighted by molar-refractivity contribution is 9.10. The summed E-state index contributed by atoms with van der Waals surface area (Å²) < 4.78 is 14.1. The van der Waals surface area contributed by atoms with Crippen LogP contribution < -0.4 is 5.32 Å². The monoisotopic (exact) mass is 299 g/mol. The maximum atomic E-state index is 13.5. The van der Waals surface area contributed by atoms with E-state index < -0.39 is 0 Å². The van der Waals surface area contributed by atoms with Gasteiger partial charge in [-0.2, -0.15) is 0 Å². The molecule has 0 aromatic heterocycles.